The quantitative estimate of drug-likeness (QED) is 0.908. The maximum atomic E-state index is 12.2. The third-order valence-electron chi connectivity index (χ3n) is 2.90. The first-order valence-electron chi connectivity index (χ1n) is 6.29. The molecular weight excluding hydrogens is 290 g/mol. The Kier molecular flexibility index (Phi) is 4.67. The molecule has 0 aliphatic rings. The molecule has 0 spiro atoms. The number of benzene rings is 1. The molecule has 2 rings (SSSR count). The normalized spacial score (nSPS) is 9.95. The Labute approximate surface area is 126 Å². The smallest absolute Gasteiger partial charge is 0.291 e. The van der Waals surface area contributed by atoms with Gasteiger partial charge in [0.1, 0.15) is 17.8 Å². The Bertz CT molecular complexity index is 737. The summed E-state index contributed by atoms with van der Waals surface area (Å²) in [4.78, 5) is 23.8. The van der Waals surface area contributed by atoms with E-state index >= 15 is 0 Å². The van der Waals surface area contributed by atoms with Gasteiger partial charge in [0, 0.05) is 12.1 Å². The number of rotatable bonds is 5. The SMILES string of the molecule is COc1ccc(OC)c(NC(=O)c2cc(=O)c(OC)co2)c1. The first kappa shape index (κ1) is 15.4. The molecule has 0 saturated carbocycles. The maximum absolute atomic E-state index is 12.2. The van der Waals surface area contributed by atoms with Gasteiger partial charge >= 0.3 is 0 Å². The van der Waals surface area contributed by atoms with Crippen LogP contribution >= 0.6 is 0 Å². The van der Waals surface area contributed by atoms with E-state index in [4.69, 9.17) is 18.6 Å². The van der Waals surface area contributed by atoms with Crippen molar-refractivity contribution in [3.05, 3.63) is 46.5 Å². The molecule has 1 amide bonds. The summed E-state index contributed by atoms with van der Waals surface area (Å²) in [6.07, 6.45) is 1.08. The van der Waals surface area contributed by atoms with Gasteiger partial charge < -0.3 is 23.9 Å². The minimum atomic E-state index is -0.591. The molecule has 0 atom stereocenters. The Morgan fingerprint density at radius 1 is 1.05 bits per heavy atom. The third-order valence-corrected chi connectivity index (χ3v) is 2.90. The summed E-state index contributed by atoms with van der Waals surface area (Å²) in [5.41, 5.74) is -0.0539. The number of carbonyl (C=O) groups excluding carboxylic acids is 1. The van der Waals surface area contributed by atoms with Crippen LogP contribution in [0.15, 0.2) is 39.7 Å². The van der Waals surface area contributed by atoms with Gasteiger partial charge in [-0.25, -0.2) is 0 Å². The maximum Gasteiger partial charge on any atom is 0.291 e. The fourth-order valence-corrected chi connectivity index (χ4v) is 1.76. The van der Waals surface area contributed by atoms with Gasteiger partial charge in [-0.05, 0) is 12.1 Å². The first-order chi connectivity index (χ1) is 10.6. The standard InChI is InChI=1S/C15H15NO6/c1-19-9-4-5-12(20-2)10(6-9)16-15(18)13-7-11(17)14(21-3)8-22-13/h4-8H,1-3H3,(H,16,18). The number of carbonyl (C=O) groups is 1. The summed E-state index contributed by atoms with van der Waals surface area (Å²) in [5, 5.41) is 2.60. The fourth-order valence-electron chi connectivity index (χ4n) is 1.76. The first-order valence-corrected chi connectivity index (χ1v) is 6.29. The van der Waals surface area contributed by atoms with Crippen LogP contribution in [0.4, 0.5) is 5.69 Å². The summed E-state index contributed by atoms with van der Waals surface area (Å²) in [7, 11) is 4.33. The van der Waals surface area contributed by atoms with Crippen molar-refractivity contribution in [1.29, 1.82) is 0 Å². The molecule has 1 heterocycles. The van der Waals surface area contributed by atoms with Crippen molar-refractivity contribution in [2.75, 3.05) is 26.6 Å². The van der Waals surface area contributed by atoms with Crippen LogP contribution in [0.2, 0.25) is 0 Å². The van der Waals surface area contributed by atoms with Crippen molar-refractivity contribution < 1.29 is 23.4 Å². The monoisotopic (exact) mass is 305 g/mol. The van der Waals surface area contributed by atoms with Crippen molar-refractivity contribution in [2.24, 2.45) is 0 Å². The van der Waals surface area contributed by atoms with E-state index in [0.717, 1.165) is 12.3 Å². The second kappa shape index (κ2) is 6.66. The van der Waals surface area contributed by atoms with Gasteiger partial charge in [0.15, 0.2) is 5.76 Å². The zero-order chi connectivity index (χ0) is 16.1. The Morgan fingerprint density at radius 2 is 1.77 bits per heavy atom. The number of anilines is 1. The van der Waals surface area contributed by atoms with Gasteiger partial charge in [-0.2, -0.15) is 0 Å². The van der Waals surface area contributed by atoms with Crippen molar-refractivity contribution in [3.63, 3.8) is 0 Å². The lowest BCUT2D eigenvalue weighted by atomic mass is 10.2. The number of hydrogen-bond donors (Lipinski definition) is 1. The van der Waals surface area contributed by atoms with Crippen LogP contribution in [0.1, 0.15) is 10.6 Å². The van der Waals surface area contributed by atoms with E-state index < -0.39 is 11.3 Å². The van der Waals surface area contributed by atoms with Crippen LogP contribution in [-0.2, 0) is 0 Å². The van der Waals surface area contributed by atoms with Crippen LogP contribution in [0.25, 0.3) is 0 Å². The lowest BCUT2D eigenvalue weighted by Crippen LogP contribution is -2.15. The Hall–Kier alpha value is -2.96. The molecule has 0 radical (unpaired) electrons. The predicted molar refractivity (Wildman–Crippen MR) is 79.0 cm³/mol. The summed E-state index contributed by atoms with van der Waals surface area (Å²) in [5.74, 6) is 0.287. The average Bonchev–Trinajstić information content (AvgIpc) is 2.54. The number of methoxy groups -OCH3 is 3. The molecule has 7 heteroatoms. The highest BCUT2D eigenvalue weighted by Gasteiger charge is 2.14. The lowest BCUT2D eigenvalue weighted by molar-refractivity contribution is 0.0993. The average molecular weight is 305 g/mol. The van der Waals surface area contributed by atoms with E-state index in [9.17, 15) is 9.59 Å². The second-order valence-electron chi connectivity index (χ2n) is 4.20. The molecule has 0 unspecified atom stereocenters. The van der Waals surface area contributed by atoms with E-state index in [-0.39, 0.29) is 11.5 Å². The van der Waals surface area contributed by atoms with E-state index in [1.165, 1.54) is 21.3 Å². The van der Waals surface area contributed by atoms with Crippen LogP contribution in [0.5, 0.6) is 17.2 Å². The molecule has 22 heavy (non-hydrogen) atoms. The molecule has 0 bridgehead atoms. The summed E-state index contributed by atoms with van der Waals surface area (Å²) in [6, 6.07) is 6.00. The molecule has 1 aromatic heterocycles. The van der Waals surface area contributed by atoms with E-state index in [0.29, 0.717) is 17.2 Å². The highest BCUT2D eigenvalue weighted by Crippen LogP contribution is 2.29. The van der Waals surface area contributed by atoms with E-state index in [2.05, 4.69) is 5.32 Å². The van der Waals surface area contributed by atoms with Gasteiger partial charge in [0.05, 0.1) is 27.0 Å². The zero-order valence-corrected chi connectivity index (χ0v) is 12.3. The number of hydrogen-bond acceptors (Lipinski definition) is 6. The molecule has 0 fully saturated rings. The van der Waals surface area contributed by atoms with Crippen LogP contribution < -0.4 is 25.0 Å². The second-order valence-corrected chi connectivity index (χ2v) is 4.20. The molecule has 2 aromatic rings. The van der Waals surface area contributed by atoms with Crippen LogP contribution in [0.3, 0.4) is 0 Å². The number of nitrogens with one attached hydrogen (secondary N) is 1. The molecule has 7 nitrogen and oxygen atoms in total. The van der Waals surface area contributed by atoms with E-state index in [1.807, 2.05) is 0 Å². The minimum absolute atomic E-state index is 0.0236. The summed E-state index contributed by atoms with van der Waals surface area (Å²) >= 11 is 0. The molecule has 0 aliphatic heterocycles. The van der Waals surface area contributed by atoms with Gasteiger partial charge in [0.25, 0.3) is 5.91 Å². The molecule has 1 aromatic carbocycles. The molecule has 0 aliphatic carbocycles. The molecule has 116 valence electrons. The van der Waals surface area contributed by atoms with Crippen molar-refractivity contribution >= 4 is 11.6 Å². The highest BCUT2D eigenvalue weighted by molar-refractivity contribution is 6.03. The summed E-state index contributed by atoms with van der Waals surface area (Å²) in [6.45, 7) is 0. The van der Waals surface area contributed by atoms with Gasteiger partial charge in [-0.1, -0.05) is 0 Å². The van der Waals surface area contributed by atoms with Gasteiger partial charge in [-0.3, -0.25) is 9.59 Å². The highest BCUT2D eigenvalue weighted by atomic mass is 16.5. The summed E-state index contributed by atoms with van der Waals surface area (Å²) < 4.78 is 20.1. The number of amides is 1. The third kappa shape index (κ3) is 3.20. The van der Waals surface area contributed by atoms with Gasteiger partial charge in [0.2, 0.25) is 11.2 Å². The molecule has 0 saturated heterocycles. The fraction of sp³-hybridized carbons (Fsp3) is 0.200. The Morgan fingerprint density at radius 3 is 2.36 bits per heavy atom. The Balaban J connectivity index is 2.28. The topological polar surface area (TPSA) is 87.0 Å². The van der Waals surface area contributed by atoms with Crippen molar-refractivity contribution in [2.45, 2.75) is 0 Å². The van der Waals surface area contributed by atoms with Crippen molar-refractivity contribution in [1.82, 2.24) is 0 Å². The van der Waals surface area contributed by atoms with Crippen LogP contribution in [0, 0.1) is 0 Å². The van der Waals surface area contributed by atoms with Crippen LogP contribution in [-0.4, -0.2) is 27.2 Å². The number of ether oxygens (including phenoxy) is 3. The van der Waals surface area contributed by atoms with E-state index in [1.54, 1.807) is 18.2 Å². The van der Waals surface area contributed by atoms with Crippen molar-refractivity contribution in [3.8, 4) is 17.2 Å². The lowest BCUT2D eigenvalue weighted by Gasteiger charge is -2.11. The largest absolute Gasteiger partial charge is 0.497 e. The molecule has 1 N–H and O–H groups in total. The predicted octanol–water partition coefficient (Wildman–Crippen LogP) is 1.92. The minimum Gasteiger partial charge on any atom is -0.497 e. The molecular formula is C15H15NO6. The zero-order valence-electron chi connectivity index (χ0n) is 12.3. The van der Waals surface area contributed by atoms with Gasteiger partial charge in [-0.15, -0.1) is 0 Å².